The second kappa shape index (κ2) is 4.74. The fourth-order valence-corrected chi connectivity index (χ4v) is 1.32. The highest BCUT2D eigenvalue weighted by Crippen LogP contribution is 2.36. The summed E-state index contributed by atoms with van der Waals surface area (Å²) in [7, 11) is 0. The molecule has 0 saturated carbocycles. The Morgan fingerprint density at radius 1 is 0.778 bits per heavy atom. The second-order valence-electron chi connectivity index (χ2n) is 3.51. The number of alkyl halides is 8. The molecule has 0 fully saturated rings. The Hall–Kier alpha value is -1.34. The van der Waals surface area contributed by atoms with Gasteiger partial charge in [-0.05, 0) is 23.8 Å². The lowest BCUT2D eigenvalue weighted by Gasteiger charge is -2.14. The first-order valence-electron chi connectivity index (χ1n) is 4.56. The average molecular weight is 278 g/mol. The molecule has 0 amide bonds. The van der Waals surface area contributed by atoms with Crippen LogP contribution in [0.4, 0.5) is 35.1 Å². The third-order valence-electron chi connectivity index (χ3n) is 2.04. The van der Waals surface area contributed by atoms with Gasteiger partial charge in [-0.15, -0.1) is 0 Å². The van der Waals surface area contributed by atoms with E-state index >= 15 is 0 Å². The number of hydrogen-bond acceptors (Lipinski definition) is 0. The molecule has 18 heavy (non-hydrogen) atoms. The van der Waals surface area contributed by atoms with Gasteiger partial charge in [0.25, 0.3) is 0 Å². The van der Waals surface area contributed by atoms with E-state index in [-0.39, 0.29) is 6.07 Å². The molecule has 1 aromatic carbocycles. The molecule has 0 saturated heterocycles. The van der Waals surface area contributed by atoms with Gasteiger partial charge >= 0.3 is 12.4 Å². The highest BCUT2D eigenvalue weighted by molar-refractivity contribution is 5.33. The first kappa shape index (κ1) is 14.7. The van der Waals surface area contributed by atoms with Crippen molar-refractivity contribution >= 4 is 0 Å². The predicted molar refractivity (Wildman–Crippen MR) is 46.2 cm³/mol. The molecule has 0 bridgehead atoms. The van der Waals surface area contributed by atoms with Crippen LogP contribution in [0.2, 0.25) is 0 Å². The van der Waals surface area contributed by atoms with E-state index in [9.17, 15) is 35.1 Å². The van der Waals surface area contributed by atoms with Crippen molar-refractivity contribution in [3.05, 3.63) is 34.9 Å². The Bertz CT molecular complexity index is 383. The summed E-state index contributed by atoms with van der Waals surface area (Å²) in [5.41, 5.74) is -3.88. The van der Waals surface area contributed by atoms with Crippen LogP contribution < -0.4 is 0 Å². The van der Waals surface area contributed by atoms with Crippen LogP contribution in [0.3, 0.4) is 0 Å². The summed E-state index contributed by atoms with van der Waals surface area (Å²) in [6, 6.07) is 0.484. The third kappa shape index (κ3) is 3.85. The van der Waals surface area contributed by atoms with Crippen LogP contribution >= 0.6 is 0 Å². The van der Waals surface area contributed by atoms with Gasteiger partial charge in [-0.1, -0.05) is 0 Å². The summed E-state index contributed by atoms with van der Waals surface area (Å²) in [4.78, 5) is 0. The van der Waals surface area contributed by atoms with Crippen LogP contribution in [0, 0.1) is 0 Å². The zero-order chi connectivity index (χ0) is 14.1. The molecule has 0 nitrogen and oxygen atoms in total. The summed E-state index contributed by atoms with van der Waals surface area (Å²) >= 11 is 0. The average Bonchev–Trinajstić information content (AvgIpc) is 2.13. The molecule has 0 aromatic heterocycles. The molecule has 0 N–H and O–H groups in total. The first-order chi connectivity index (χ1) is 8.00. The van der Waals surface area contributed by atoms with Crippen molar-refractivity contribution in [3.8, 4) is 0 Å². The molecule has 0 aliphatic carbocycles. The number of hydrogen-bond donors (Lipinski definition) is 0. The molecule has 8 heteroatoms. The molecular weight excluding hydrogens is 272 g/mol. The zero-order valence-corrected chi connectivity index (χ0v) is 8.54. The van der Waals surface area contributed by atoms with Gasteiger partial charge in [0, 0.05) is 6.42 Å². The number of halogens is 8. The van der Waals surface area contributed by atoms with Crippen LogP contribution in [0.1, 0.15) is 16.7 Å². The Balaban J connectivity index is 3.29. The van der Waals surface area contributed by atoms with E-state index in [0.29, 0.717) is 12.1 Å². The lowest BCUT2D eigenvalue weighted by atomic mass is 10.0. The summed E-state index contributed by atoms with van der Waals surface area (Å²) in [5, 5.41) is 0. The van der Waals surface area contributed by atoms with Crippen molar-refractivity contribution in [1.29, 1.82) is 0 Å². The minimum absolute atomic E-state index is 0.102. The van der Waals surface area contributed by atoms with Crippen molar-refractivity contribution in [1.82, 2.24) is 0 Å². The van der Waals surface area contributed by atoms with Crippen LogP contribution in [0.5, 0.6) is 0 Å². The van der Waals surface area contributed by atoms with Crippen LogP contribution in [-0.2, 0) is 18.8 Å². The normalized spacial score (nSPS) is 13.2. The Morgan fingerprint density at radius 3 is 1.44 bits per heavy atom. The highest BCUT2D eigenvalue weighted by Gasteiger charge is 2.36. The topological polar surface area (TPSA) is 0 Å². The lowest BCUT2D eigenvalue weighted by molar-refractivity contribution is -0.143. The van der Waals surface area contributed by atoms with Crippen LogP contribution in [-0.4, -0.2) is 6.43 Å². The van der Waals surface area contributed by atoms with Gasteiger partial charge in [0.1, 0.15) is 0 Å². The van der Waals surface area contributed by atoms with Crippen molar-refractivity contribution < 1.29 is 35.1 Å². The quantitative estimate of drug-likeness (QED) is 0.697. The fraction of sp³-hybridized carbons (Fsp3) is 0.400. The predicted octanol–water partition coefficient (Wildman–Crippen LogP) is 4.53. The van der Waals surface area contributed by atoms with Crippen molar-refractivity contribution in [2.24, 2.45) is 0 Å². The standard InChI is InChI=1S/C10H6F8/c11-8(12)3-5-1-6(9(13,14)15)4-7(2-5)10(16,17)18/h1-2,4,8H,3H2. The SMILES string of the molecule is FC(F)Cc1cc(C(F)(F)F)cc(C(F)(F)F)c1. The van der Waals surface area contributed by atoms with E-state index in [4.69, 9.17) is 0 Å². The van der Waals surface area contributed by atoms with Gasteiger partial charge in [0.05, 0.1) is 11.1 Å². The maximum Gasteiger partial charge on any atom is 0.416 e. The summed E-state index contributed by atoms with van der Waals surface area (Å²) in [6.45, 7) is 0. The van der Waals surface area contributed by atoms with E-state index in [1.165, 1.54) is 0 Å². The van der Waals surface area contributed by atoms with Gasteiger partial charge in [-0.3, -0.25) is 0 Å². The van der Waals surface area contributed by atoms with Gasteiger partial charge < -0.3 is 0 Å². The highest BCUT2D eigenvalue weighted by atomic mass is 19.4. The molecule has 1 aromatic rings. The zero-order valence-electron chi connectivity index (χ0n) is 8.54. The molecular formula is C10H6F8. The largest absolute Gasteiger partial charge is 0.416 e. The summed E-state index contributed by atoms with van der Waals surface area (Å²) < 4.78 is 97.9. The van der Waals surface area contributed by atoms with Gasteiger partial charge in [-0.2, -0.15) is 26.3 Å². The fourth-order valence-electron chi connectivity index (χ4n) is 1.32. The summed E-state index contributed by atoms with van der Waals surface area (Å²) in [5.74, 6) is 0. The number of rotatable bonds is 2. The minimum Gasteiger partial charge on any atom is -0.210 e. The van der Waals surface area contributed by atoms with Crippen LogP contribution in [0.25, 0.3) is 0 Å². The number of benzene rings is 1. The van der Waals surface area contributed by atoms with E-state index < -0.39 is 41.9 Å². The first-order valence-corrected chi connectivity index (χ1v) is 4.56. The molecule has 0 unspecified atom stereocenters. The van der Waals surface area contributed by atoms with Gasteiger partial charge in [-0.25, -0.2) is 8.78 Å². The maximum atomic E-state index is 12.3. The molecule has 1 rings (SSSR count). The summed E-state index contributed by atoms with van der Waals surface area (Å²) in [6.07, 6.45) is -14.2. The Kier molecular flexibility index (Phi) is 3.87. The van der Waals surface area contributed by atoms with Crippen molar-refractivity contribution in [2.75, 3.05) is 0 Å². The monoisotopic (exact) mass is 278 g/mol. The Labute approximate surface area is 96.2 Å². The van der Waals surface area contributed by atoms with E-state index in [0.717, 1.165) is 0 Å². The molecule has 0 heterocycles. The Morgan fingerprint density at radius 2 is 1.17 bits per heavy atom. The van der Waals surface area contributed by atoms with E-state index in [2.05, 4.69) is 0 Å². The molecule has 0 radical (unpaired) electrons. The van der Waals surface area contributed by atoms with Crippen LogP contribution in [0.15, 0.2) is 18.2 Å². The molecule has 0 spiro atoms. The lowest BCUT2D eigenvalue weighted by Crippen LogP contribution is -2.12. The third-order valence-corrected chi connectivity index (χ3v) is 2.04. The van der Waals surface area contributed by atoms with Gasteiger partial charge in [0.15, 0.2) is 0 Å². The van der Waals surface area contributed by atoms with Crippen molar-refractivity contribution in [3.63, 3.8) is 0 Å². The van der Waals surface area contributed by atoms with E-state index in [1.807, 2.05) is 0 Å². The van der Waals surface area contributed by atoms with Crippen molar-refractivity contribution in [2.45, 2.75) is 25.2 Å². The van der Waals surface area contributed by atoms with Gasteiger partial charge in [0.2, 0.25) is 6.43 Å². The maximum absolute atomic E-state index is 12.3. The minimum atomic E-state index is -5.02. The molecule has 102 valence electrons. The molecule has 0 aliphatic rings. The smallest absolute Gasteiger partial charge is 0.210 e. The van der Waals surface area contributed by atoms with E-state index in [1.54, 1.807) is 0 Å². The second-order valence-corrected chi connectivity index (χ2v) is 3.51. The molecule has 0 atom stereocenters. The molecule has 0 aliphatic heterocycles.